The second-order valence-corrected chi connectivity index (χ2v) is 7.57. The standard InChI is InChI=1S/C25H15F2N5O2/c26-25(27)33-21-8-6-18(12-22(21)34-25)30-24-19-11-15(16-3-1-9-28-13-16)5-7-20(19)31-23(32-24)17-4-2-10-29-14-17/h1-14H,(H,30,31,32). The molecule has 0 unspecified atom stereocenters. The number of rotatable bonds is 4. The molecule has 166 valence electrons. The molecule has 0 saturated carbocycles. The predicted octanol–water partition coefficient (Wildman–Crippen LogP) is 5.82. The maximum atomic E-state index is 13.5. The maximum Gasteiger partial charge on any atom is 0.586 e. The summed E-state index contributed by atoms with van der Waals surface area (Å²) in [6, 6.07) is 17.8. The van der Waals surface area contributed by atoms with Crippen LogP contribution >= 0.6 is 0 Å². The van der Waals surface area contributed by atoms with Crippen molar-refractivity contribution in [3.8, 4) is 34.0 Å². The van der Waals surface area contributed by atoms with Crippen LogP contribution in [0.3, 0.4) is 0 Å². The van der Waals surface area contributed by atoms with Crippen molar-refractivity contribution in [3.63, 3.8) is 0 Å². The fraction of sp³-hybridized carbons (Fsp3) is 0.0400. The lowest BCUT2D eigenvalue weighted by Gasteiger charge is -2.13. The van der Waals surface area contributed by atoms with Gasteiger partial charge >= 0.3 is 6.29 Å². The van der Waals surface area contributed by atoms with E-state index in [0.29, 0.717) is 22.8 Å². The number of pyridine rings is 2. The van der Waals surface area contributed by atoms with Crippen LogP contribution in [-0.4, -0.2) is 26.2 Å². The second-order valence-electron chi connectivity index (χ2n) is 7.57. The van der Waals surface area contributed by atoms with Crippen molar-refractivity contribution in [3.05, 3.63) is 85.5 Å². The lowest BCUT2D eigenvalue weighted by molar-refractivity contribution is -0.286. The Kier molecular flexibility index (Phi) is 4.54. The van der Waals surface area contributed by atoms with E-state index in [1.54, 1.807) is 36.9 Å². The number of alkyl halides is 2. The van der Waals surface area contributed by atoms with E-state index >= 15 is 0 Å². The predicted molar refractivity (Wildman–Crippen MR) is 122 cm³/mol. The minimum Gasteiger partial charge on any atom is -0.395 e. The van der Waals surface area contributed by atoms with Crippen molar-refractivity contribution in [1.29, 1.82) is 0 Å². The van der Waals surface area contributed by atoms with Crippen LogP contribution in [0.5, 0.6) is 11.5 Å². The van der Waals surface area contributed by atoms with Gasteiger partial charge in [-0.15, -0.1) is 8.78 Å². The molecule has 0 spiro atoms. The number of ether oxygens (including phenoxy) is 2. The number of fused-ring (bicyclic) bond motifs is 2. The van der Waals surface area contributed by atoms with Gasteiger partial charge in [-0.3, -0.25) is 9.97 Å². The Hall–Kier alpha value is -4.66. The van der Waals surface area contributed by atoms with Gasteiger partial charge in [-0.1, -0.05) is 12.1 Å². The Morgan fingerprint density at radius 1 is 0.735 bits per heavy atom. The molecule has 0 fully saturated rings. The average Bonchev–Trinajstić information content (AvgIpc) is 3.18. The van der Waals surface area contributed by atoms with Gasteiger partial charge in [-0.2, -0.15) is 0 Å². The zero-order chi connectivity index (χ0) is 23.1. The third-order valence-electron chi connectivity index (χ3n) is 5.27. The SMILES string of the molecule is FC1(F)Oc2ccc(Nc3nc(-c4cccnc4)nc4ccc(-c5cccnc5)cc34)cc2O1. The highest BCUT2D eigenvalue weighted by Gasteiger charge is 2.43. The van der Waals surface area contributed by atoms with Crippen molar-refractivity contribution < 1.29 is 18.3 Å². The molecule has 0 aliphatic carbocycles. The molecule has 1 aliphatic rings. The van der Waals surface area contributed by atoms with Gasteiger partial charge < -0.3 is 14.8 Å². The molecule has 1 aliphatic heterocycles. The van der Waals surface area contributed by atoms with E-state index in [2.05, 4.69) is 24.8 Å². The van der Waals surface area contributed by atoms with E-state index < -0.39 is 6.29 Å². The Morgan fingerprint density at radius 2 is 1.50 bits per heavy atom. The van der Waals surface area contributed by atoms with Crippen LogP contribution in [0.15, 0.2) is 85.5 Å². The van der Waals surface area contributed by atoms with Gasteiger partial charge in [0.15, 0.2) is 17.3 Å². The highest BCUT2D eigenvalue weighted by atomic mass is 19.3. The molecule has 2 aromatic carbocycles. The summed E-state index contributed by atoms with van der Waals surface area (Å²) in [4.78, 5) is 17.8. The van der Waals surface area contributed by atoms with Crippen LogP contribution in [0, 0.1) is 0 Å². The third-order valence-corrected chi connectivity index (χ3v) is 5.27. The molecule has 9 heteroatoms. The summed E-state index contributed by atoms with van der Waals surface area (Å²) in [5.41, 5.74) is 3.83. The van der Waals surface area contributed by atoms with Crippen molar-refractivity contribution in [2.24, 2.45) is 0 Å². The van der Waals surface area contributed by atoms with E-state index in [-0.39, 0.29) is 11.5 Å². The first-order valence-electron chi connectivity index (χ1n) is 10.3. The molecule has 34 heavy (non-hydrogen) atoms. The minimum atomic E-state index is -3.69. The van der Waals surface area contributed by atoms with Crippen LogP contribution in [0.4, 0.5) is 20.3 Å². The molecule has 6 rings (SSSR count). The van der Waals surface area contributed by atoms with Gasteiger partial charge in [-0.05, 0) is 48.0 Å². The Morgan fingerprint density at radius 3 is 2.26 bits per heavy atom. The first-order valence-corrected chi connectivity index (χ1v) is 10.3. The maximum absolute atomic E-state index is 13.5. The van der Waals surface area contributed by atoms with Gasteiger partial charge in [0.05, 0.1) is 5.52 Å². The average molecular weight is 455 g/mol. The minimum absolute atomic E-state index is 0.0296. The molecule has 0 atom stereocenters. The van der Waals surface area contributed by atoms with E-state index in [9.17, 15) is 8.78 Å². The fourth-order valence-electron chi connectivity index (χ4n) is 3.72. The van der Waals surface area contributed by atoms with Gasteiger partial charge in [0, 0.05) is 53.1 Å². The van der Waals surface area contributed by atoms with Crippen LogP contribution < -0.4 is 14.8 Å². The van der Waals surface area contributed by atoms with Gasteiger partial charge in [0.1, 0.15) is 5.82 Å². The second kappa shape index (κ2) is 7.73. The number of halogens is 2. The van der Waals surface area contributed by atoms with Crippen molar-refractivity contribution >= 4 is 22.4 Å². The number of aromatic nitrogens is 4. The van der Waals surface area contributed by atoms with Crippen molar-refractivity contribution in [2.45, 2.75) is 6.29 Å². The molecule has 7 nitrogen and oxygen atoms in total. The van der Waals surface area contributed by atoms with E-state index in [0.717, 1.165) is 22.1 Å². The van der Waals surface area contributed by atoms with Crippen molar-refractivity contribution in [2.75, 3.05) is 5.32 Å². The summed E-state index contributed by atoms with van der Waals surface area (Å²) < 4.78 is 36.0. The van der Waals surface area contributed by atoms with Crippen LogP contribution in [-0.2, 0) is 0 Å². The van der Waals surface area contributed by atoms with Crippen LogP contribution in [0.1, 0.15) is 0 Å². The zero-order valence-corrected chi connectivity index (χ0v) is 17.4. The molecule has 0 bridgehead atoms. The summed E-state index contributed by atoms with van der Waals surface area (Å²) >= 11 is 0. The topological polar surface area (TPSA) is 82.0 Å². The van der Waals surface area contributed by atoms with Crippen LogP contribution in [0.25, 0.3) is 33.4 Å². The summed E-state index contributed by atoms with van der Waals surface area (Å²) in [6.45, 7) is 0. The third kappa shape index (κ3) is 3.73. The van der Waals surface area contributed by atoms with E-state index in [1.807, 2.05) is 36.4 Å². The number of hydrogen-bond acceptors (Lipinski definition) is 7. The summed E-state index contributed by atoms with van der Waals surface area (Å²) in [6.07, 6.45) is 3.15. The number of anilines is 2. The molecule has 4 heterocycles. The molecule has 0 amide bonds. The lowest BCUT2D eigenvalue weighted by Crippen LogP contribution is -2.25. The Balaban J connectivity index is 1.48. The van der Waals surface area contributed by atoms with Gasteiger partial charge in [0.2, 0.25) is 0 Å². The molecule has 5 aromatic rings. The largest absolute Gasteiger partial charge is 0.586 e. The van der Waals surface area contributed by atoms with E-state index in [1.165, 1.54) is 12.1 Å². The molecule has 0 radical (unpaired) electrons. The molecular weight excluding hydrogens is 440 g/mol. The molecule has 3 aromatic heterocycles. The summed E-state index contributed by atoms with van der Waals surface area (Å²) in [5.74, 6) is 0.889. The number of hydrogen-bond donors (Lipinski definition) is 1. The van der Waals surface area contributed by atoms with Crippen molar-refractivity contribution in [1.82, 2.24) is 19.9 Å². The number of nitrogens with one attached hydrogen (secondary N) is 1. The first-order chi connectivity index (χ1) is 16.5. The normalized spacial score (nSPS) is 13.7. The first kappa shape index (κ1) is 20.0. The highest BCUT2D eigenvalue weighted by Crippen LogP contribution is 2.43. The fourth-order valence-corrected chi connectivity index (χ4v) is 3.72. The Labute approximate surface area is 192 Å². The molecule has 0 saturated heterocycles. The lowest BCUT2D eigenvalue weighted by atomic mass is 10.0. The van der Waals surface area contributed by atoms with E-state index in [4.69, 9.17) is 9.97 Å². The molecular formula is C25H15F2N5O2. The van der Waals surface area contributed by atoms with Gasteiger partial charge in [0.25, 0.3) is 0 Å². The zero-order valence-electron chi connectivity index (χ0n) is 17.4. The quantitative estimate of drug-likeness (QED) is 0.366. The molecule has 1 N–H and O–H groups in total. The Bertz CT molecular complexity index is 1510. The van der Waals surface area contributed by atoms with Crippen LogP contribution in [0.2, 0.25) is 0 Å². The number of benzene rings is 2. The summed E-state index contributed by atoms with van der Waals surface area (Å²) in [7, 11) is 0. The smallest absolute Gasteiger partial charge is 0.395 e. The van der Waals surface area contributed by atoms with Gasteiger partial charge in [-0.25, -0.2) is 9.97 Å². The highest BCUT2D eigenvalue weighted by molar-refractivity contribution is 5.95. The number of nitrogens with zero attached hydrogens (tertiary/aromatic N) is 4. The monoisotopic (exact) mass is 455 g/mol. The summed E-state index contributed by atoms with van der Waals surface area (Å²) in [5, 5.41) is 3.97.